The number of carbonyl (C=O) groups excluding carboxylic acids is 2. The molecule has 0 aliphatic carbocycles. The van der Waals surface area contributed by atoms with Crippen molar-refractivity contribution in [2.75, 3.05) is 35.2 Å². The fourth-order valence-electron chi connectivity index (χ4n) is 3.13. The highest BCUT2D eigenvalue weighted by atomic mass is 32.2. The van der Waals surface area contributed by atoms with Crippen molar-refractivity contribution in [1.29, 1.82) is 0 Å². The Morgan fingerprint density at radius 2 is 1.88 bits per heavy atom. The van der Waals surface area contributed by atoms with Crippen LogP contribution in [0.2, 0.25) is 0 Å². The summed E-state index contributed by atoms with van der Waals surface area (Å²) in [7, 11) is -3.82. The second-order valence-corrected chi connectivity index (χ2v) is 9.30. The average Bonchev–Trinajstić information content (AvgIpc) is 2.74. The highest BCUT2D eigenvalue weighted by Crippen LogP contribution is 2.28. The van der Waals surface area contributed by atoms with Crippen molar-refractivity contribution in [3.8, 4) is 0 Å². The molecule has 0 atom stereocenters. The molecule has 0 bridgehead atoms. The molecule has 0 fully saturated rings. The molecule has 2 amide bonds. The molecule has 0 aromatic heterocycles. The Balaban J connectivity index is 1.59. The number of anilines is 3. The number of rotatable bonds is 8. The number of amides is 2. The van der Waals surface area contributed by atoms with E-state index in [0.29, 0.717) is 17.9 Å². The zero-order valence-electron chi connectivity index (χ0n) is 17.6. The minimum absolute atomic E-state index is 0.0241. The van der Waals surface area contributed by atoms with E-state index in [1.54, 1.807) is 17.0 Å². The Labute approximate surface area is 192 Å². The molecule has 0 radical (unpaired) electrons. The SMILES string of the molecule is CCCCNC(=S)NS(=O)(=O)c1ccc(NC(=O)CN2CC(=O)Nc3ccccc32)cc1. The quantitative estimate of drug-likeness (QED) is 0.341. The zero-order valence-corrected chi connectivity index (χ0v) is 19.2. The molecule has 0 saturated heterocycles. The summed E-state index contributed by atoms with van der Waals surface area (Å²) in [4.78, 5) is 26.1. The minimum Gasteiger partial charge on any atom is -0.362 e. The van der Waals surface area contributed by atoms with Crippen LogP contribution < -0.4 is 25.6 Å². The van der Waals surface area contributed by atoms with Crippen molar-refractivity contribution < 1.29 is 18.0 Å². The topological polar surface area (TPSA) is 120 Å². The molecule has 32 heavy (non-hydrogen) atoms. The molecule has 2 aromatic carbocycles. The number of nitrogens with one attached hydrogen (secondary N) is 4. The van der Waals surface area contributed by atoms with Gasteiger partial charge in [-0.25, -0.2) is 8.42 Å². The lowest BCUT2D eigenvalue weighted by Crippen LogP contribution is -2.42. The van der Waals surface area contributed by atoms with E-state index in [-0.39, 0.29) is 34.9 Å². The summed E-state index contributed by atoms with van der Waals surface area (Å²) >= 11 is 5.02. The number of carbonyl (C=O) groups is 2. The van der Waals surface area contributed by atoms with Gasteiger partial charge in [-0.15, -0.1) is 0 Å². The van der Waals surface area contributed by atoms with E-state index in [4.69, 9.17) is 12.2 Å². The molecule has 4 N–H and O–H groups in total. The number of nitrogens with zero attached hydrogens (tertiary/aromatic N) is 1. The molecule has 2 aromatic rings. The van der Waals surface area contributed by atoms with E-state index in [9.17, 15) is 18.0 Å². The Morgan fingerprint density at radius 1 is 1.16 bits per heavy atom. The van der Waals surface area contributed by atoms with E-state index in [1.165, 1.54) is 24.3 Å². The van der Waals surface area contributed by atoms with Gasteiger partial charge in [0.2, 0.25) is 11.8 Å². The van der Waals surface area contributed by atoms with Crippen molar-refractivity contribution in [3.63, 3.8) is 0 Å². The van der Waals surface area contributed by atoms with Crippen LogP contribution >= 0.6 is 12.2 Å². The molecule has 1 aliphatic rings. The average molecular weight is 476 g/mol. The summed E-state index contributed by atoms with van der Waals surface area (Å²) in [5.41, 5.74) is 1.85. The summed E-state index contributed by atoms with van der Waals surface area (Å²) < 4.78 is 27.2. The highest BCUT2D eigenvalue weighted by Gasteiger charge is 2.23. The smallest absolute Gasteiger partial charge is 0.263 e. The van der Waals surface area contributed by atoms with Gasteiger partial charge in [-0.2, -0.15) is 0 Å². The van der Waals surface area contributed by atoms with E-state index in [1.807, 2.05) is 19.1 Å². The molecular formula is C21H25N5O4S2. The lowest BCUT2D eigenvalue weighted by Gasteiger charge is -2.30. The summed E-state index contributed by atoms with van der Waals surface area (Å²) in [6.07, 6.45) is 1.84. The predicted molar refractivity (Wildman–Crippen MR) is 128 cm³/mol. The molecular weight excluding hydrogens is 450 g/mol. The summed E-state index contributed by atoms with van der Waals surface area (Å²) in [5, 5.41) is 8.39. The van der Waals surface area contributed by atoms with Crippen LogP contribution in [0.3, 0.4) is 0 Å². The van der Waals surface area contributed by atoms with Crippen LogP contribution in [0.5, 0.6) is 0 Å². The normalized spacial score (nSPS) is 13.0. The fourth-order valence-corrected chi connectivity index (χ4v) is 4.49. The van der Waals surface area contributed by atoms with Crippen LogP contribution in [-0.4, -0.2) is 45.0 Å². The Morgan fingerprint density at radius 3 is 2.59 bits per heavy atom. The van der Waals surface area contributed by atoms with Gasteiger partial charge in [0.25, 0.3) is 10.0 Å². The first-order chi connectivity index (χ1) is 15.3. The first-order valence-electron chi connectivity index (χ1n) is 10.1. The van der Waals surface area contributed by atoms with Gasteiger partial charge in [0.05, 0.1) is 29.4 Å². The third-order valence-electron chi connectivity index (χ3n) is 4.68. The van der Waals surface area contributed by atoms with Gasteiger partial charge in [0, 0.05) is 12.2 Å². The van der Waals surface area contributed by atoms with Gasteiger partial charge < -0.3 is 20.9 Å². The summed E-state index contributed by atoms with van der Waals surface area (Å²) in [5.74, 6) is -0.523. The Kier molecular flexibility index (Phi) is 7.65. The third-order valence-corrected chi connectivity index (χ3v) is 6.42. The lowest BCUT2D eigenvalue weighted by atomic mass is 10.2. The number of hydrogen-bond donors (Lipinski definition) is 4. The number of hydrogen-bond acceptors (Lipinski definition) is 6. The van der Waals surface area contributed by atoms with Crippen LogP contribution in [0.25, 0.3) is 0 Å². The molecule has 0 unspecified atom stereocenters. The summed E-state index contributed by atoms with van der Waals surface area (Å²) in [6, 6.07) is 13.0. The number of para-hydroxylation sites is 2. The van der Waals surface area contributed by atoms with Crippen LogP contribution in [-0.2, 0) is 19.6 Å². The van der Waals surface area contributed by atoms with Crippen molar-refractivity contribution in [3.05, 3.63) is 48.5 Å². The van der Waals surface area contributed by atoms with E-state index >= 15 is 0 Å². The highest BCUT2D eigenvalue weighted by molar-refractivity contribution is 7.91. The van der Waals surface area contributed by atoms with Crippen LogP contribution in [0, 0.1) is 0 Å². The van der Waals surface area contributed by atoms with Crippen molar-refractivity contribution >= 4 is 56.2 Å². The van der Waals surface area contributed by atoms with Gasteiger partial charge in [-0.05, 0) is 55.0 Å². The second kappa shape index (κ2) is 10.4. The molecule has 0 spiro atoms. The van der Waals surface area contributed by atoms with Crippen molar-refractivity contribution in [1.82, 2.24) is 10.0 Å². The number of fused-ring (bicyclic) bond motifs is 1. The number of thiocarbonyl (C=S) groups is 1. The maximum Gasteiger partial charge on any atom is 0.263 e. The van der Waals surface area contributed by atoms with Crippen molar-refractivity contribution in [2.24, 2.45) is 0 Å². The maximum atomic E-state index is 12.5. The fraction of sp³-hybridized carbons (Fsp3) is 0.286. The van der Waals surface area contributed by atoms with E-state index in [2.05, 4.69) is 20.7 Å². The molecule has 11 heteroatoms. The molecule has 3 rings (SSSR count). The molecule has 1 heterocycles. The van der Waals surface area contributed by atoms with Gasteiger partial charge >= 0.3 is 0 Å². The maximum absolute atomic E-state index is 12.5. The van der Waals surface area contributed by atoms with Gasteiger partial charge in [0.1, 0.15) is 0 Å². The van der Waals surface area contributed by atoms with Gasteiger partial charge in [-0.3, -0.25) is 14.3 Å². The molecule has 1 aliphatic heterocycles. The van der Waals surface area contributed by atoms with Gasteiger partial charge in [-0.1, -0.05) is 25.5 Å². The van der Waals surface area contributed by atoms with E-state index < -0.39 is 10.0 Å². The third kappa shape index (κ3) is 6.17. The van der Waals surface area contributed by atoms with Crippen molar-refractivity contribution in [2.45, 2.75) is 24.7 Å². The molecule has 9 nitrogen and oxygen atoms in total. The van der Waals surface area contributed by atoms with Crippen LogP contribution in [0.15, 0.2) is 53.4 Å². The lowest BCUT2D eigenvalue weighted by molar-refractivity contribution is -0.115. The standard InChI is InChI=1S/C21H25N5O4S2/c1-2-3-12-22-21(31)25-32(29,30)16-10-8-15(9-11-16)23-19(27)13-26-14-20(28)24-17-6-4-5-7-18(17)26/h4-11H,2-3,12-14H2,1H3,(H,23,27)(H,24,28)(H2,22,25,31). The molecule has 0 saturated carbocycles. The second-order valence-electron chi connectivity index (χ2n) is 7.21. The first-order valence-corrected chi connectivity index (χ1v) is 12.0. The largest absolute Gasteiger partial charge is 0.362 e. The zero-order chi connectivity index (χ0) is 23.1. The molecule has 170 valence electrons. The predicted octanol–water partition coefficient (Wildman–Crippen LogP) is 2.04. The van der Waals surface area contributed by atoms with Gasteiger partial charge in [0.15, 0.2) is 5.11 Å². The monoisotopic (exact) mass is 475 g/mol. The van der Waals surface area contributed by atoms with E-state index in [0.717, 1.165) is 18.5 Å². The Bertz CT molecular complexity index is 1100. The number of sulfonamides is 1. The summed E-state index contributed by atoms with van der Waals surface area (Å²) in [6.45, 7) is 2.66. The Hall–Kier alpha value is -3.18. The minimum atomic E-state index is -3.82. The van der Waals surface area contributed by atoms with Crippen LogP contribution in [0.1, 0.15) is 19.8 Å². The number of unbranched alkanes of at least 4 members (excludes halogenated alkanes) is 1. The van der Waals surface area contributed by atoms with Crippen LogP contribution in [0.4, 0.5) is 17.1 Å². The first kappa shape index (κ1) is 23.5. The number of benzene rings is 2.